The minimum Gasteiger partial charge on any atom is -0.392 e. The lowest BCUT2D eigenvalue weighted by atomic mass is 9.91. The number of carbonyl (C=O) groups excluding carboxylic acids is 2. The summed E-state index contributed by atoms with van der Waals surface area (Å²) in [5, 5.41) is 24.8. The van der Waals surface area contributed by atoms with Gasteiger partial charge in [-0.3, -0.25) is 9.59 Å². The van der Waals surface area contributed by atoms with Gasteiger partial charge in [-0.05, 0) is 59.7 Å². The summed E-state index contributed by atoms with van der Waals surface area (Å²) in [5.41, 5.74) is 5.93. The number of aliphatic hydroxyl groups excluding tert-OH is 1. The topological polar surface area (TPSA) is 123 Å². The largest absolute Gasteiger partial charge is 0.392 e. The van der Waals surface area contributed by atoms with E-state index < -0.39 is 6.29 Å². The van der Waals surface area contributed by atoms with E-state index in [-0.39, 0.29) is 36.5 Å². The summed E-state index contributed by atoms with van der Waals surface area (Å²) < 4.78 is 14.3. The Morgan fingerprint density at radius 2 is 1.67 bits per heavy atom. The Morgan fingerprint density at radius 1 is 0.896 bits per heavy atom. The highest BCUT2D eigenvalue weighted by Crippen LogP contribution is 2.43. The van der Waals surface area contributed by atoms with E-state index in [9.17, 15) is 14.7 Å². The Kier molecular flexibility index (Phi) is 13.2. The minimum atomic E-state index is -0.578. The molecule has 1 aromatic heterocycles. The molecule has 2 heterocycles. The highest BCUT2D eigenvalue weighted by atomic mass is 32.2. The van der Waals surface area contributed by atoms with E-state index >= 15 is 0 Å². The number of hydrogen-bond acceptors (Lipinski definition) is 9. The summed E-state index contributed by atoms with van der Waals surface area (Å²) in [6.07, 6.45) is 2.13. The molecule has 3 aromatic carbocycles. The molecule has 48 heavy (non-hydrogen) atoms. The number of aromatic nitrogens is 2. The number of aryl methyl sites for hydroxylation is 1. The number of rotatable bonds is 15. The first-order valence-corrected chi connectivity index (χ1v) is 18.2. The molecule has 3 N–H and O–H groups in total. The first-order valence-electron chi connectivity index (χ1n) is 16.4. The van der Waals surface area contributed by atoms with E-state index in [2.05, 4.69) is 52.0 Å². The Morgan fingerprint density at radius 3 is 2.40 bits per heavy atom. The molecule has 0 aliphatic carbocycles. The fourth-order valence-corrected chi connectivity index (χ4v) is 7.67. The van der Waals surface area contributed by atoms with Gasteiger partial charge in [0.15, 0.2) is 10.6 Å². The van der Waals surface area contributed by atoms with Crippen LogP contribution in [0.5, 0.6) is 0 Å². The predicted octanol–water partition coefficient (Wildman–Crippen LogP) is 6.90. The standard InChI is InChI=1S/C37H44N4O5S2/c1-24-33(23-47-37-41-40-26(3)48-37)45-36(46-35(24)29-16-14-27(22-42)15-17-29)32-12-8-11-31(20-32)30-10-7-9-28(19-30)21-39-34(44)13-5-4-6-18-38-25(2)43/h7-12,14-17,19-20,24,33,35-36,42H,4-6,13,18,21-23H2,1-3H3,(H,38,43)(H,39,44)/t24-,33+,35+,36+/m0/s1. The summed E-state index contributed by atoms with van der Waals surface area (Å²) in [7, 11) is 0. The van der Waals surface area contributed by atoms with Crippen LogP contribution in [0.15, 0.2) is 77.1 Å². The molecular weight excluding hydrogens is 645 g/mol. The fraction of sp³-hybridized carbons (Fsp3) is 0.405. The summed E-state index contributed by atoms with van der Waals surface area (Å²) in [6.45, 7) is 6.72. The minimum absolute atomic E-state index is 0.00386. The van der Waals surface area contributed by atoms with Crippen molar-refractivity contribution < 1.29 is 24.2 Å². The number of unbranched alkanes of at least 4 members (excludes halogenated alkanes) is 2. The quantitative estimate of drug-likeness (QED) is 0.0911. The summed E-state index contributed by atoms with van der Waals surface area (Å²) in [5.74, 6) is 0.784. The van der Waals surface area contributed by atoms with E-state index in [0.29, 0.717) is 25.3 Å². The zero-order chi connectivity index (χ0) is 33.9. The van der Waals surface area contributed by atoms with Crippen molar-refractivity contribution in [3.8, 4) is 11.1 Å². The number of thioether (sulfide) groups is 1. The van der Waals surface area contributed by atoms with Crippen LogP contribution in [-0.4, -0.2) is 45.5 Å². The van der Waals surface area contributed by atoms with Crippen LogP contribution >= 0.6 is 23.1 Å². The number of nitrogens with zero attached hydrogens (tertiary/aromatic N) is 2. The van der Waals surface area contributed by atoms with Crippen molar-refractivity contribution in [2.75, 3.05) is 12.3 Å². The van der Waals surface area contributed by atoms with Crippen molar-refractivity contribution in [1.29, 1.82) is 0 Å². The maximum atomic E-state index is 12.4. The Balaban J connectivity index is 1.26. The van der Waals surface area contributed by atoms with E-state index in [1.165, 1.54) is 6.92 Å². The number of ether oxygens (including phenoxy) is 2. The maximum Gasteiger partial charge on any atom is 0.220 e. The van der Waals surface area contributed by atoms with Crippen molar-refractivity contribution >= 4 is 34.9 Å². The highest BCUT2D eigenvalue weighted by molar-refractivity contribution is 8.01. The molecule has 4 aromatic rings. The molecule has 4 atom stereocenters. The molecular formula is C37H44N4O5S2. The Bertz CT molecular complexity index is 1650. The van der Waals surface area contributed by atoms with Gasteiger partial charge in [-0.2, -0.15) is 0 Å². The Labute approximate surface area is 290 Å². The summed E-state index contributed by atoms with van der Waals surface area (Å²) in [6, 6.07) is 24.4. The predicted molar refractivity (Wildman–Crippen MR) is 189 cm³/mol. The second-order valence-corrected chi connectivity index (χ2v) is 14.6. The number of hydrogen-bond donors (Lipinski definition) is 3. The average Bonchev–Trinajstić information content (AvgIpc) is 3.53. The molecule has 11 heteroatoms. The molecule has 1 aliphatic rings. The number of benzene rings is 3. The van der Waals surface area contributed by atoms with Gasteiger partial charge in [0.1, 0.15) is 5.01 Å². The van der Waals surface area contributed by atoms with Gasteiger partial charge in [-0.15, -0.1) is 10.2 Å². The average molecular weight is 689 g/mol. The molecule has 1 aliphatic heterocycles. The summed E-state index contributed by atoms with van der Waals surface area (Å²) >= 11 is 3.24. The van der Waals surface area contributed by atoms with Crippen LogP contribution in [0.25, 0.3) is 11.1 Å². The zero-order valence-electron chi connectivity index (χ0n) is 27.7. The van der Waals surface area contributed by atoms with Crippen molar-refractivity contribution in [3.05, 3.63) is 100 Å². The lowest BCUT2D eigenvalue weighted by Crippen LogP contribution is -2.38. The van der Waals surface area contributed by atoms with Gasteiger partial charge in [0.05, 0.1) is 18.8 Å². The van der Waals surface area contributed by atoms with Gasteiger partial charge >= 0.3 is 0 Å². The van der Waals surface area contributed by atoms with Crippen LogP contribution in [0, 0.1) is 12.8 Å². The number of aliphatic hydroxyl groups is 1. The van der Waals surface area contributed by atoms with E-state index in [4.69, 9.17) is 9.47 Å². The molecule has 1 fully saturated rings. The van der Waals surface area contributed by atoms with E-state index in [1.54, 1.807) is 23.1 Å². The third-order valence-corrected chi connectivity index (χ3v) is 10.4. The van der Waals surface area contributed by atoms with Gasteiger partial charge in [0.2, 0.25) is 11.8 Å². The lowest BCUT2D eigenvalue weighted by molar-refractivity contribution is -0.268. The summed E-state index contributed by atoms with van der Waals surface area (Å²) in [4.78, 5) is 23.4. The molecule has 254 valence electrons. The van der Waals surface area contributed by atoms with Gasteiger partial charge < -0.3 is 25.2 Å². The van der Waals surface area contributed by atoms with Crippen molar-refractivity contribution in [3.63, 3.8) is 0 Å². The molecule has 0 radical (unpaired) electrons. The second kappa shape index (κ2) is 17.7. The monoisotopic (exact) mass is 688 g/mol. The van der Waals surface area contributed by atoms with E-state index in [1.807, 2.05) is 55.5 Å². The smallest absolute Gasteiger partial charge is 0.220 e. The molecule has 5 rings (SSSR count). The first kappa shape index (κ1) is 35.7. The molecule has 1 saturated heterocycles. The number of carbonyl (C=O) groups is 2. The van der Waals surface area contributed by atoms with Crippen molar-refractivity contribution in [2.45, 2.75) is 82.4 Å². The molecule has 9 nitrogen and oxygen atoms in total. The van der Waals surface area contributed by atoms with Crippen LogP contribution in [0.3, 0.4) is 0 Å². The number of amides is 2. The van der Waals surface area contributed by atoms with Crippen LogP contribution in [0.2, 0.25) is 0 Å². The van der Waals surface area contributed by atoms with Crippen molar-refractivity contribution in [2.24, 2.45) is 5.92 Å². The van der Waals surface area contributed by atoms with E-state index in [0.717, 1.165) is 62.0 Å². The Hall–Kier alpha value is -3.61. The normalized spacial score (nSPS) is 19.2. The molecule has 0 bridgehead atoms. The molecule has 0 saturated carbocycles. The fourth-order valence-electron chi connectivity index (χ4n) is 5.67. The molecule has 0 spiro atoms. The third-order valence-electron chi connectivity index (χ3n) is 8.37. The second-order valence-electron chi connectivity index (χ2n) is 12.1. The van der Waals surface area contributed by atoms with Crippen LogP contribution in [0.4, 0.5) is 0 Å². The SMILES string of the molecule is CC(=O)NCCCCCC(=O)NCc1cccc(-c2cccc([C@@H]3O[C@H](CSc4nnc(C)s4)[C@H](C)[C@H](c4ccc(CO)cc4)O3)c2)c1. The highest BCUT2D eigenvalue weighted by Gasteiger charge is 2.38. The molecule has 2 amide bonds. The van der Waals surface area contributed by atoms with Crippen molar-refractivity contribution in [1.82, 2.24) is 20.8 Å². The van der Waals surface area contributed by atoms with Crippen LogP contribution in [-0.2, 0) is 32.2 Å². The first-order chi connectivity index (χ1) is 23.3. The zero-order valence-corrected chi connectivity index (χ0v) is 29.3. The maximum absolute atomic E-state index is 12.4. The molecule has 0 unspecified atom stereocenters. The van der Waals surface area contributed by atoms with Gasteiger partial charge in [0, 0.05) is 43.7 Å². The van der Waals surface area contributed by atoms with Gasteiger partial charge in [-0.1, -0.05) is 97.1 Å². The third kappa shape index (κ3) is 10.2. The lowest BCUT2D eigenvalue weighted by Gasteiger charge is -2.41. The number of nitrogens with one attached hydrogen (secondary N) is 2. The van der Waals surface area contributed by atoms with Gasteiger partial charge in [-0.25, -0.2) is 0 Å². The van der Waals surface area contributed by atoms with Crippen LogP contribution in [0.1, 0.15) is 79.2 Å². The van der Waals surface area contributed by atoms with Crippen LogP contribution < -0.4 is 10.6 Å². The van der Waals surface area contributed by atoms with Gasteiger partial charge in [0.25, 0.3) is 0 Å².